The van der Waals surface area contributed by atoms with Crippen LogP contribution in [0.25, 0.3) is 0 Å². The fourth-order valence-electron chi connectivity index (χ4n) is 1.67. The summed E-state index contributed by atoms with van der Waals surface area (Å²) in [6.07, 6.45) is 0. The number of rotatable bonds is 4. The van der Waals surface area contributed by atoms with Gasteiger partial charge in [-0.05, 0) is 30.2 Å². The zero-order chi connectivity index (χ0) is 13.9. The standard InChI is InChI=1S/C13H19ClN2O2/c1-13(2,7-15)8-16(3)12(18)10-5-4-9(14)6-11(10)17/h4-6,17H,7-8,15H2,1-3H3. The summed E-state index contributed by atoms with van der Waals surface area (Å²) in [5, 5.41) is 10.1. The molecule has 0 radical (unpaired) electrons. The van der Waals surface area contributed by atoms with Crippen LogP contribution in [-0.4, -0.2) is 36.1 Å². The van der Waals surface area contributed by atoms with Crippen LogP contribution in [0.1, 0.15) is 24.2 Å². The molecule has 1 aromatic carbocycles. The second kappa shape index (κ2) is 5.59. The molecule has 0 atom stereocenters. The first-order valence-corrected chi connectivity index (χ1v) is 6.09. The summed E-state index contributed by atoms with van der Waals surface area (Å²) in [5.41, 5.74) is 5.72. The van der Waals surface area contributed by atoms with Gasteiger partial charge in [-0.15, -0.1) is 0 Å². The molecule has 0 unspecified atom stereocenters. The number of aromatic hydroxyl groups is 1. The highest BCUT2D eigenvalue weighted by molar-refractivity contribution is 6.30. The predicted molar refractivity (Wildman–Crippen MR) is 72.9 cm³/mol. The number of hydrogen-bond donors (Lipinski definition) is 2. The molecule has 100 valence electrons. The number of benzene rings is 1. The molecule has 1 amide bonds. The number of phenols is 1. The van der Waals surface area contributed by atoms with E-state index in [0.29, 0.717) is 18.1 Å². The third kappa shape index (κ3) is 3.62. The summed E-state index contributed by atoms with van der Waals surface area (Å²) in [6.45, 7) is 4.97. The van der Waals surface area contributed by atoms with E-state index in [4.69, 9.17) is 17.3 Å². The van der Waals surface area contributed by atoms with Gasteiger partial charge in [-0.25, -0.2) is 0 Å². The monoisotopic (exact) mass is 270 g/mol. The molecule has 0 saturated carbocycles. The van der Waals surface area contributed by atoms with Crippen LogP contribution in [0.4, 0.5) is 0 Å². The van der Waals surface area contributed by atoms with Gasteiger partial charge in [0.25, 0.3) is 5.91 Å². The lowest BCUT2D eigenvalue weighted by Crippen LogP contribution is -2.39. The molecule has 0 bridgehead atoms. The van der Waals surface area contributed by atoms with Crippen molar-refractivity contribution in [3.63, 3.8) is 0 Å². The van der Waals surface area contributed by atoms with Crippen molar-refractivity contribution >= 4 is 17.5 Å². The third-order valence-corrected chi connectivity index (χ3v) is 2.99. The average Bonchev–Trinajstić information content (AvgIpc) is 2.27. The van der Waals surface area contributed by atoms with Gasteiger partial charge in [-0.1, -0.05) is 25.4 Å². The Morgan fingerprint density at radius 3 is 2.61 bits per heavy atom. The third-order valence-electron chi connectivity index (χ3n) is 2.75. The SMILES string of the molecule is CN(CC(C)(C)CN)C(=O)c1ccc(Cl)cc1O. The van der Waals surface area contributed by atoms with E-state index in [2.05, 4.69) is 0 Å². The van der Waals surface area contributed by atoms with Crippen LogP contribution in [0.2, 0.25) is 5.02 Å². The summed E-state index contributed by atoms with van der Waals surface area (Å²) in [4.78, 5) is 13.7. The molecular weight excluding hydrogens is 252 g/mol. The number of hydrogen-bond acceptors (Lipinski definition) is 3. The molecule has 3 N–H and O–H groups in total. The first-order valence-electron chi connectivity index (χ1n) is 5.71. The van der Waals surface area contributed by atoms with Crippen molar-refractivity contribution in [3.8, 4) is 5.75 Å². The van der Waals surface area contributed by atoms with Crippen molar-refractivity contribution in [1.29, 1.82) is 0 Å². The average molecular weight is 271 g/mol. The lowest BCUT2D eigenvalue weighted by molar-refractivity contribution is 0.0737. The van der Waals surface area contributed by atoms with Gasteiger partial charge in [0, 0.05) is 18.6 Å². The minimum absolute atomic E-state index is 0.107. The highest BCUT2D eigenvalue weighted by Crippen LogP contribution is 2.24. The van der Waals surface area contributed by atoms with Crippen LogP contribution in [0.15, 0.2) is 18.2 Å². The molecule has 1 aromatic rings. The number of halogens is 1. The van der Waals surface area contributed by atoms with E-state index in [0.717, 1.165) is 0 Å². The summed E-state index contributed by atoms with van der Waals surface area (Å²) in [5.74, 6) is -0.351. The highest BCUT2D eigenvalue weighted by atomic mass is 35.5. The Hall–Kier alpha value is -1.26. The second-order valence-corrected chi connectivity index (χ2v) is 5.63. The maximum atomic E-state index is 12.2. The molecule has 0 aliphatic rings. The zero-order valence-corrected chi connectivity index (χ0v) is 11.7. The highest BCUT2D eigenvalue weighted by Gasteiger charge is 2.23. The van der Waals surface area contributed by atoms with Crippen LogP contribution in [-0.2, 0) is 0 Å². The molecule has 0 aliphatic heterocycles. The number of carbonyl (C=O) groups excluding carboxylic acids is 1. The van der Waals surface area contributed by atoms with Gasteiger partial charge in [0.15, 0.2) is 0 Å². The van der Waals surface area contributed by atoms with Crippen LogP contribution in [0.3, 0.4) is 0 Å². The largest absolute Gasteiger partial charge is 0.507 e. The van der Waals surface area contributed by atoms with Gasteiger partial charge in [-0.3, -0.25) is 4.79 Å². The number of nitrogens with zero attached hydrogens (tertiary/aromatic N) is 1. The number of carbonyl (C=O) groups is 1. The van der Waals surface area contributed by atoms with Gasteiger partial charge in [0.05, 0.1) is 5.56 Å². The van der Waals surface area contributed by atoms with Gasteiger partial charge < -0.3 is 15.7 Å². The Kier molecular flexibility index (Phi) is 4.59. The van der Waals surface area contributed by atoms with Crippen molar-refractivity contribution in [2.24, 2.45) is 11.1 Å². The topological polar surface area (TPSA) is 66.6 Å². The van der Waals surface area contributed by atoms with Crippen molar-refractivity contribution in [2.45, 2.75) is 13.8 Å². The minimum atomic E-state index is -0.245. The van der Waals surface area contributed by atoms with E-state index in [1.54, 1.807) is 18.0 Å². The van der Waals surface area contributed by atoms with Crippen molar-refractivity contribution < 1.29 is 9.90 Å². The maximum Gasteiger partial charge on any atom is 0.257 e. The molecule has 0 saturated heterocycles. The van der Waals surface area contributed by atoms with Crippen molar-refractivity contribution in [1.82, 2.24) is 4.90 Å². The van der Waals surface area contributed by atoms with Crippen LogP contribution >= 0.6 is 11.6 Å². The first-order chi connectivity index (χ1) is 8.26. The number of phenolic OH excluding ortho intramolecular Hbond substituents is 1. The number of amides is 1. The van der Waals surface area contributed by atoms with E-state index in [-0.39, 0.29) is 22.6 Å². The summed E-state index contributed by atoms with van der Waals surface area (Å²) in [7, 11) is 1.69. The van der Waals surface area contributed by atoms with E-state index in [1.165, 1.54) is 12.1 Å². The fourth-order valence-corrected chi connectivity index (χ4v) is 1.84. The molecule has 0 aliphatic carbocycles. The smallest absolute Gasteiger partial charge is 0.257 e. The molecule has 0 aromatic heterocycles. The lowest BCUT2D eigenvalue weighted by Gasteiger charge is -2.29. The molecule has 0 heterocycles. The van der Waals surface area contributed by atoms with Crippen LogP contribution in [0.5, 0.6) is 5.75 Å². The van der Waals surface area contributed by atoms with Crippen molar-refractivity contribution in [2.75, 3.05) is 20.1 Å². The maximum absolute atomic E-state index is 12.2. The Morgan fingerprint density at radius 2 is 2.11 bits per heavy atom. The predicted octanol–water partition coefficient (Wildman–Crippen LogP) is 2.10. The van der Waals surface area contributed by atoms with E-state index in [9.17, 15) is 9.90 Å². The van der Waals surface area contributed by atoms with Gasteiger partial charge >= 0.3 is 0 Å². The first kappa shape index (κ1) is 14.8. The molecular formula is C13H19ClN2O2. The number of nitrogens with two attached hydrogens (primary N) is 1. The Bertz CT molecular complexity index is 447. The Balaban J connectivity index is 2.87. The molecule has 4 nitrogen and oxygen atoms in total. The Morgan fingerprint density at radius 1 is 1.50 bits per heavy atom. The van der Waals surface area contributed by atoms with E-state index >= 15 is 0 Å². The normalized spacial score (nSPS) is 11.4. The second-order valence-electron chi connectivity index (χ2n) is 5.19. The quantitative estimate of drug-likeness (QED) is 0.881. The van der Waals surface area contributed by atoms with Gasteiger partial charge in [0.1, 0.15) is 5.75 Å². The van der Waals surface area contributed by atoms with Gasteiger partial charge in [0.2, 0.25) is 0 Å². The molecule has 0 spiro atoms. The summed E-state index contributed by atoms with van der Waals surface area (Å²) < 4.78 is 0. The molecule has 0 fully saturated rings. The summed E-state index contributed by atoms with van der Waals surface area (Å²) in [6, 6.07) is 4.46. The van der Waals surface area contributed by atoms with Crippen LogP contribution in [0, 0.1) is 5.41 Å². The molecule has 5 heteroatoms. The van der Waals surface area contributed by atoms with E-state index < -0.39 is 0 Å². The molecule has 18 heavy (non-hydrogen) atoms. The fraction of sp³-hybridized carbons (Fsp3) is 0.462. The lowest BCUT2D eigenvalue weighted by atomic mass is 9.93. The molecule has 1 rings (SSSR count). The van der Waals surface area contributed by atoms with Gasteiger partial charge in [-0.2, -0.15) is 0 Å². The summed E-state index contributed by atoms with van der Waals surface area (Å²) >= 11 is 5.73. The zero-order valence-electron chi connectivity index (χ0n) is 10.9. The van der Waals surface area contributed by atoms with E-state index in [1.807, 2.05) is 13.8 Å². The van der Waals surface area contributed by atoms with Crippen LogP contribution < -0.4 is 5.73 Å². The Labute approximate surface area is 112 Å². The minimum Gasteiger partial charge on any atom is -0.507 e. The van der Waals surface area contributed by atoms with Crippen molar-refractivity contribution in [3.05, 3.63) is 28.8 Å².